The standard InChI is InChI=1S/C80H50N8/c1-81-65-24-14-23-64(41-65)66-50-80(88-77-31-27-58(62-35-39-84-73(48-62)54-19-10-4-11-20-54)44-69(77)70-45-59(28-32-78(70)88)63-36-40-85-74(49-63)55-21-12-5-13-22-55)86-51-79(66)87-75-29-25-56(60-33-37-82-71(46-60)52-15-6-2-7-16-52)42-67(75)68-43-57(26-30-76(68)87)61-34-38-83-72(47-61)53-17-8-3-9-18-53/h2-51H. The molecule has 410 valence electrons. The number of rotatable bonds is 11. The Morgan fingerprint density at radius 1 is 0.261 bits per heavy atom. The van der Waals surface area contributed by atoms with E-state index in [1.54, 1.807) is 0 Å². The third-order valence-corrected chi connectivity index (χ3v) is 16.8. The molecule has 16 rings (SSSR count). The van der Waals surface area contributed by atoms with Gasteiger partial charge >= 0.3 is 0 Å². The largest absolute Gasteiger partial charge is 0.307 e. The normalized spacial score (nSPS) is 11.4. The fourth-order valence-electron chi connectivity index (χ4n) is 12.5. The maximum absolute atomic E-state index is 8.21. The number of nitrogens with zero attached hydrogens (tertiary/aromatic N) is 8. The van der Waals surface area contributed by atoms with Crippen LogP contribution in [-0.4, -0.2) is 34.1 Å². The van der Waals surface area contributed by atoms with Gasteiger partial charge in [0.15, 0.2) is 5.69 Å². The van der Waals surface area contributed by atoms with E-state index in [-0.39, 0.29) is 0 Å². The maximum atomic E-state index is 8.21. The first-order chi connectivity index (χ1) is 43.5. The van der Waals surface area contributed by atoms with E-state index in [4.69, 9.17) is 31.5 Å². The molecular weight excluding hydrogens is 1070 g/mol. The topological polar surface area (TPSA) is 78.7 Å². The first kappa shape index (κ1) is 51.5. The third-order valence-electron chi connectivity index (χ3n) is 16.8. The van der Waals surface area contributed by atoms with E-state index in [9.17, 15) is 0 Å². The highest BCUT2D eigenvalue weighted by molar-refractivity contribution is 6.13. The van der Waals surface area contributed by atoms with Crippen LogP contribution < -0.4 is 0 Å². The van der Waals surface area contributed by atoms with Gasteiger partial charge in [0, 0.05) is 74.1 Å². The summed E-state index contributed by atoms with van der Waals surface area (Å²) in [4.78, 5) is 28.6. The van der Waals surface area contributed by atoms with E-state index < -0.39 is 0 Å². The van der Waals surface area contributed by atoms with Gasteiger partial charge in [0.25, 0.3) is 0 Å². The second kappa shape index (κ2) is 21.8. The summed E-state index contributed by atoms with van der Waals surface area (Å²) in [6.45, 7) is 8.21. The summed E-state index contributed by atoms with van der Waals surface area (Å²) in [6.07, 6.45) is 9.60. The number of pyridine rings is 5. The molecule has 0 aliphatic rings. The van der Waals surface area contributed by atoms with Gasteiger partial charge in [-0.3, -0.25) is 24.5 Å². The zero-order valence-electron chi connectivity index (χ0n) is 47.4. The fraction of sp³-hybridized carbons (Fsp3) is 0. The second-order valence-electron chi connectivity index (χ2n) is 22.0. The Hall–Kier alpha value is -12.2. The molecular formula is C80H50N8. The van der Waals surface area contributed by atoms with Crippen LogP contribution in [0.4, 0.5) is 5.69 Å². The van der Waals surface area contributed by atoms with Crippen molar-refractivity contribution in [3.63, 3.8) is 0 Å². The van der Waals surface area contributed by atoms with Gasteiger partial charge in [0.05, 0.1) is 63.3 Å². The Morgan fingerprint density at radius 3 is 0.943 bits per heavy atom. The molecule has 7 heterocycles. The second-order valence-corrected chi connectivity index (χ2v) is 22.0. The first-order valence-corrected chi connectivity index (χ1v) is 29.3. The van der Waals surface area contributed by atoms with E-state index in [0.29, 0.717) is 5.69 Å². The summed E-state index contributed by atoms with van der Waals surface area (Å²) in [7, 11) is 0. The number of hydrogen-bond donors (Lipinski definition) is 0. The Balaban J connectivity index is 0.906. The van der Waals surface area contributed by atoms with Crippen LogP contribution in [0.5, 0.6) is 0 Å². The van der Waals surface area contributed by atoms with Gasteiger partial charge in [-0.25, -0.2) is 9.83 Å². The Kier molecular flexibility index (Phi) is 12.7. The summed E-state index contributed by atoms with van der Waals surface area (Å²) in [5.41, 5.74) is 23.7. The van der Waals surface area contributed by atoms with E-state index in [2.05, 4.69) is 196 Å². The van der Waals surface area contributed by atoms with E-state index >= 15 is 0 Å². The highest BCUT2D eigenvalue weighted by atomic mass is 15.1. The lowest BCUT2D eigenvalue weighted by atomic mass is 9.99. The molecule has 0 bridgehead atoms. The lowest BCUT2D eigenvalue weighted by molar-refractivity contribution is 1.06. The minimum absolute atomic E-state index is 0.549. The number of aromatic nitrogens is 7. The molecule has 0 aliphatic heterocycles. The minimum atomic E-state index is 0.549. The molecule has 7 aromatic heterocycles. The van der Waals surface area contributed by atoms with Crippen LogP contribution in [0.3, 0.4) is 0 Å². The lowest BCUT2D eigenvalue weighted by Crippen LogP contribution is -2.03. The number of fused-ring (bicyclic) bond motifs is 6. The highest BCUT2D eigenvalue weighted by Gasteiger charge is 2.23. The molecule has 8 nitrogen and oxygen atoms in total. The quantitative estimate of drug-likeness (QED) is 0.121. The molecule has 88 heavy (non-hydrogen) atoms. The zero-order chi connectivity index (χ0) is 58.5. The van der Waals surface area contributed by atoms with Gasteiger partial charge in [-0.05, 0) is 159 Å². The molecule has 0 unspecified atom stereocenters. The van der Waals surface area contributed by atoms with Crippen molar-refractivity contribution >= 4 is 49.3 Å². The van der Waals surface area contributed by atoms with Crippen LogP contribution >= 0.6 is 0 Å². The fourth-order valence-corrected chi connectivity index (χ4v) is 12.5. The van der Waals surface area contributed by atoms with Crippen LogP contribution in [0.25, 0.3) is 161 Å². The monoisotopic (exact) mass is 1120 g/mol. The van der Waals surface area contributed by atoms with Crippen molar-refractivity contribution in [1.29, 1.82) is 0 Å². The van der Waals surface area contributed by atoms with Crippen LogP contribution in [0.15, 0.2) is 304 Å². The van der Waals surface area contributed by atoms with Crippen molar-refractivity contribution in [2.75, 3.05) is 0 Å². The Morgan fingerprint density at radius 2 is 0.591 bits per heavy atom. The van der Waals surface area contributed by atoms with Gasteiger partial charge in [-0.2, -0.15) is 0 Å². The number of benzene rings is 9. The van der Waals surface area contributed by atoms with Crippen LogP contribution in [0, 0.1) is 6.57 Å². The summed E-state index contributed by atoms with van der Waals surface area (Å²) < 4.78 is 4.63. The molecule has 0 aliphatic carbocycles. The third kappa shape index (κ3) is 9.33. The molecule has 0 saturated carbocycles. The van der Waals surface area contributed by atoms with Crippen LogP contribution in [0.1, 0.15) is 0 Å². The molecule has 0 fully saturated rings. The predicted molar refractivity (Wildman–Crippen MR) is 359 cm³/mol. The lowest BCUT2D eigenvalue weighted by Gasteiger charge is -2.17. The smallest absolute Gasteiger partial charge is 0.187 e. The van der Waals surface area contributed by atoms with Crippen molar-refractivity contribution in [1.82, 2.24) is 34.1 Å². The molecule has 0 atom stereocenters. The first-order valence-electron chi connectivity index (χ1n) is 29.3. The molecule has 0 saturated heterocycles. The molecule has 0 N–H and O–H groups in total. The van der Waals surface area contributed by atoms with Gasteiger partial charge in [-0.1, -0.05) is 164 Å². The predicted octanol–water partition coefficient (Wildman–Crippen LogP) is 20.4. The molecule has 0 spiro atoms. The van der Waals surface area contributed by atoms with Crippen molar-refractivity contribution in [3.05, 3.63) is 315 Å². The van der Waals surface area contributed by atoms with E-state index in [1.807, 2.05) is 122 Å². The van der Waals surface area contributed by atoms with Crippen molar-refractivity contribution in [3.8, 4) is 112 Å². The molecule has 9 aromatic carbocycles. The van der Waals surface area contributed by atoms with Crippen LogP contribution in [0.2, 0.25) is 0 Å². The summed E-state index contributed by atoms with van der Waals surface area (Å²) in [6, 6.07) is 95.4. The molecule has 0 radical (unpaired) electrons. The van der Waals surface area contributed by atoms with Crippen molar-refractivity contribution < 1.29 is 0 Å². The van der Waals surface area contributed by atoms with Crippen molar-refractivity contribution in [2.24, 2.45) is 0 Å². The maximum Gasteiger partial charge on any atom is 0.187 e. The SMILES string of the molecule is [C-]#[N+]c1cccc(-c2cc(-n3c4ccc(-c5ccnc(-c6ccccc6)c5)cc4c4cc(-c5ccnc(-c6ccccc6)c5)ccc43)ncc2-n2c3ccc(-c4ccnc(-c5ccccc5)c4)cc3c3cc(-c4ccnc(-c5ccccc5)c4)ccc32)c1. The van der Waals surface area contributed by atoms with Gasteiger partial charge < -0.3 is 4.57 Å². The van der Waals surface area contributed by atoms with Crippen LogP contribution in [-0.2, 0) is 0 Å². The van der Waals surface area contributed by atoms with Gasteiger partial charge in [0.1, 0.15) is 5.82 Å². The molecule has 8 heteroatoms. The summed E-state index contributed by atoms with van der Waals surface area (Å²) in [5, 5.41) is 4.32. The highest BCUT2D eigenvalue weighted by Crippen LogP contribution is 2.43. The number of hydrogen-bond acceptors (Lipinski definition) is 5. The molecule has 16 aromatic rings. The van der Waals surface area contributed by atoms with Gasteiger partial charge in [0.2, 0.25) is 0 Å². The average molecular weight is 1120 g/mol. The molecule has 0 amide bonds. The zero-order valence-corrected chi connectivity index (χ0v) is 47.4. The minimum Gasteiger partial charge on any atom is -0.307 e. The summed E-state index contributed by atoms with van der Waals surface area (Å²) >= 11 is 0. The summed E-state index contributed by atoms with van der Waals surface area (Å²) in [5.74, 6) is 0.738. The Labute approximate surface area is 508 Å². The van der Waals surface area contributed by atoms with E-state index in [0.717, 1.165) is 156 Å². The Bertz CT molecular complexity index is 5110. The van der Waals surface area contributed by atoms with Gasteiger partial charge in [-0.15, -0.1) is 0 Å². The average Bonchev–Trinajstić information content (AvgIpc) is 2.21. The van der Waals surface area contributed by atoms with E-state index in [1.165, 1.54) is 0 Å². The van der Waals surface area contributed by atoms with Crippen molar-refractivity contribution in [2.45, 2.75) is 0 Å².